The first kappa shape index (κ1) is 32.1. The van der Waals surface area contributed by atoms with Gasteiger partial charge in [-0.3, -0.25) is 0 Å². The Morgan fingerprint density at radius 1 is 0.263 bits per heavy atom. The zero-order valence-electron chi connectivity index (χ0n) is 31.2. The van der Waals surface area contributed by atoms with E-state index in [1.807, 2.05) is 0 Å². The summed E-state index contributed by atoms with van der Waals surface area (Å²) in [6.45, 7) is 0. The predicted molar refractivity (Wildman–Crippen MR) is 232 cm³/mol. The van der Waals surface area contributed by atoms with Crippen LogP contribution in [-0.2, 0) is 10.8 Å². The topological polar surface area (TPSA) is 9.23 Å². The van der Waals surface area contributed by atoms with Gasteiger partial charge in [0.15, 0.2) is 0 Å². The lowest BCUT2D eigenvalue weighted by atomic mass is 9.63. The molecule has 1 nitrogen and oxygen atoms in total. The number of para-hydroxylation sites is 1. The van der Waals surface area contributed by atoms with Gasteiger partial charge in [0.25, 0.3) is 0 Å². The molecule has 0 saturated heterocycles. The van der Waals surface area contributed by atoms with Crippen molar-refractivity contribution in [1.29, 1.82) is 0 Å². The van der Waals surface area contributed by atoms with Crippen LogP contribution in [0.3, 0.4) is 0 Å². The minimum absolute atomic E-state index is 0.397. The molecule has 0 amide bonds. The molecule has 0 unspecified atom stereocenters. The summed E-state index contributed by atoms with van der Waals surface area (Å²) in [5.41, 5.74) is 19.1. The van der Waals surface area contributed by atoms with Crippen LogP contribution in [0.4, 0.5) is 0 Å². The maximum absolute atomic E-state index is 6.79. The molecule has 9 aromatic rings. The predicted octanol–water partition coefficient (Wildman–Crippen LogP) is 13.9. The highest BCUT2D eigenvalue weighted by Crippen LogP contribution is 2.64. The number of hydrogen-bond donors (Lipinski definition) is 0. The van der Waals surface area contributed by atoms with E-state index >= 15 is 0 Å². The van der Waals surface area contributed by atoms with Crippen molar-refractivity contribution in [2.45, 2.75) is 10.8 Å². The summed E-state index contributed by atoms with van der Waals surface area (Å²) in [6, 6.07) is 80.3. The normalized spacial score (nSPS) is 14.4. The van der Waals surface area contributed by atoms with Crippen molar-refractivity contribution in [3.05, 3.63) is 263 Å². The summed E-state index contributed by atoms with van der Waals surface area (Å²) < 4.78 is 6.79. The Balaban J connectivity index is 1.11. The second-order valence-electron chi connectivity index (χ2n) is 15.5. The lowest BCUT2D eigenvalue weighted by molar-refractivity contribution is 0.434. The van der Waals surface area contributed by atoms with Crippen LogP contribution in [0.25, 0.3) is 44.5 Å². The van der Waals surface area contributed by atoms with E-state index in [0.717, 1.165) is 28.2 Å². The first-order chi connectivity index (χ1) is 28.3. The zero-order chi connectivity index (χ0) is 37.6. The number of hydrogen-bond acceptors (Lipinski definition) is 1. The molecule has 0 bridgehead atoms. The molecule has 0 aromatic heterocycles. The van der Waals surface area contributed by atoms with Crippen LogP contribution >= 0.6 is 0 Å². The smallest absolute Gasteiger partial charge is 0.132 e. The van der Waals surface area contributed by atoms with Crippen molar-refractivity contribution in [3.63, 3.8) is 0 Å². The quantitative estimate of drug-likeness (QED) is 0.176. The number of rotatable bonds is 4. The van der Waals surface area contributed by atoms with E-state index in [9.17, 15) is 0 Å². The van der Waals surface area contributed by atoms with Crippen molar-refractivity contribution in [2.75, 3.05) is 0 Å². The average Bonchev–Trinajstić information content (AvgIpc) is 3.76. The molecule has 2 aliphatic carbocycles. The van der Waals surface area contributed by atoms with Crippen LogP contribution in [0, 0.1) is 0 Å². The fraction of sp³-hybridized carbons (Fsp3) is 0.0357. The first-order valence-electron chi connectivity index (χ1n) is 19.8. The number of ether oxygens (including phenoxy) is 1. The van der Waals surface area contributed by atoms with Crippen LogP contribution in [0.1, 0.15) is 44.5 Å². The van der Waals surface area contributed by atoms with Gasteiger partial charge in [-0.1, -0.05) is 200 Å². The van der Waals surface area contributed by atoms with Crippen LogP contribution in [0.2, 0.25) is 0 Å². The molecule has 0 fully saturated rings. The second kappa shape index (κ2) is 12.1. The fourth-order valence-corrected chi connectivity index (χ4v) is 10.7. The third kappa shape index (κ3) is 4.23. The summed E-state index contributed by atoms with van der Waals surface area (Å²) in [5, 5.41) is 0. The molecule has 1 spiro atoms. The standard InChI is InChI=1S/C56H36O/c1-3-18-38(19-4-1)55(39-20-5-2-6-21-39)49-31-15-16-33-52(49)57-53-35-34-37(36-51(53)55)40-22-7-8-23-41(40)44-27-17-32-50-54(44)45-26-11-14-30-48(45)56(50)46-28-12-9-24-42(46)43-25-10-13-29-47(43)56/h1-36H. The highest BCUT2D eigenvalue weighted by Gasteiger charge is 2.52. The Morgan fingerprint density at radius 2 is 0.719 bits per heavy atom. The molecular formula is C56H36O. The molecule has 0 atom stereocenters. The van der Waals surface area contributed by atoms with Crippen LogP contribution in [-0.4, -0.2) is 0 Å². The summed E-state index contributed by atoms with van der Waals surface area (Å²) >= 11 is 0. The fourth-order valence-electron chi connectivity index (χ4n) is 10.7. The van der Waals surface area contributed by atoms with E-state index in [0.29, 0.717) is 0 Å². The molecule has 1 aliphatic heterocycles. The van der Waals surface area contributed by atoms with Gasteiger partial charge < -0.3 is 4.74 Å². The highest BCUT2D eigenvalue weighted by atomic mass is 16.5. The summed E-state index contributed by atoms with van der Waals surface area (Å²) in [6.07, 6.45) is 0. The number of benzene rings is 9. The molecule has 1 heteroatoms. The Kier molecular flexibility index (Phi) is 6.83. The van der Waals surface area contributed by atoms with E-state index in [-0.39, 0.29) is 0 Å². The van der Waals surface area contributed by atoms with Crippen molar-refractivity contribution < 1.29 is 4.74 Å². The second-order valence-corrected chi connectivity index (χ2v) is 15.5. The van der Waals surface area contributed by atoms with Crippen molar-refractivity contribution >= 4 is 0 Å². The van der Waals surface area contributed by atoms with Gasteiger partial charge in [-0.15, -0.1) is 0 Å². The minimum Gasteiger partial charge on any atom is -0.457 e. The summed E-state index contributed by atoms with van der Waals surface area (Å²) in [4.78, 5) is 0. The third-order valence-electron chi connectivity index (χ3n) is 12.9. The van der Waals surface area contributed by atoms with Gasteiger partial charge in [0.2, 0.25) is 0 Å². The minimum atomic E-state index is -0.597. The molecule has 1 heterocycles. The van der Waals surface area contributed by atoms with Crippen LogP contribution in [0.15, 0.2) is 218 Å². The SMILES string of the molecule is c1ccc(C2(c3ccccc3)c3ccccc3Oc3ccc(-c4ccccc4-c4cccc5c4-c4ccccc4C54c5ccccc5-c5ccccc54)cc32)cc1. The van der Waals surface area contributed by atoms with Gasteiger partial charge in [-0.25, -0.2) is 0 Å². The monoisotopic (exact) mass is 724 g/mol. The lowest BCUT2D eigenvalue weighted by Gasteiger charge is -2.41. The molecule has 266 valence electrons. The summed E-state index contributed by atoms with van der Waals surface area (Å²) in [7, 11) is 0. The molecule has 0 radical (unpaired) electrons. The highest BCUT2D eigenvalue weighted by molar-refractivity contribution is 6.02. The molecule has 0 saturated carbocycles. The lowest BCUT2D eigenvalue weighted by Crippen LogP contribution is -2.34. The number of fused-ring (bicyclic) bond motifs is 12. The van der Waals surface area contributed by atoms with Gasteiger partial charge in [0, 0.05) is 11.1 Å². The van der Waals surface area contributed by atoms with Crippen LogP contribution < -0.4 is 4.74 Å². The average molecular weight is 725 g/mol. The van der Waals surface area contributed by atoms with Gasteiger partial charge in [-0.2, -0.15) is 0 Å². The maximum Gasteiger partial charge on any atom is 0.132 e. The van der Waals surface area contributed by atoms with Gasteiger partial charge >= 0.3 is 0 Å². The molecule has 12 rings (SSSR count). The third-order valence-corrected chi connectivity index (χ3v) is 12.9. The largest absolute Gasteiger partial charge is 0.457 e. The van der Waals surface area contributed by atoms with Gasteiger partial charge in [0.1, 0.15) is 11.5 Å². The first-order valence-corrected chi connectivity index (χ1v) is 19.8. The molecular weight excluding hydrogens is 689 g/mol. The van der Waals surface area contributed by atoms with Crippen molar-refractivity contribution in [1.82, 2.24) is 0 Å². The Hall–Kier alpha value is -7.22. The van der Waals surface area contributed by atoms with Crippen molar-refractivity contribution in [2.24, 2.45) is 0 Å². The van der Waals surface area contributed by atoms with E-state index in [4.69, 9.17) is 4.74 Å². The maximum atomic E-state index is 6.79. The van der Waals surface area contributed by atoms with E-state index in [1.54, 1.807) is 0 Å². The van der Waals surface area contributed by atoms with Crippen LogP contribution in [0.5, 0.6) is 11.5 Å². The summed E-state index contributed by atoms with van der Waals surface area (Å²) in [5.74, 6) is 1.76. The van der Waals surface area contributed by atoms with E-state index in [2.05, 4.69) is 218 Å². The van der Waals surface area contributed by atoms with Crippen molar-refractivity contribution in [3.8, 4) is 56.0 Å². The Morgan fingerprint density at radius 3 is 1.37 bits per heavy atom. The zero-order valence-corrected chi connectivity index (χ0v) is 31.2. The molecule has 0 N–H and O–H groups in total. The molecule has 57 heavy (non-hydrogen) atoms. The molecule has 9 aromatic carbocycles. The Labute approximate surface area is 333 Å². The van der Waals surface area contributed by atoms with Gasteiger partial charge in [-0.05, 0) is 96.1 Å². The van der Waals surface area contributed by atoms with E-state index < -0.39 is 10.8 Å². The molecule has 3 aliphatic rings. The Bertz CT molecular complexity index is 2960. The van der Waals surface area contributed by atoms with E-state index in [1.165, 1.54) is 72.3 Å². The van der Waals surface area contributed by atoms with Gasteiger partial charge in [0.05, 0.1) is 10.8 Å².